The molecule has 0 radical (unpaired) electrons. The van der Waals surface area contributed by atoms with Crippen molar-refractivity contribution in [3.8, 4) is 5.75 Å². The molecule has 144 valence electrons. The van der Waals surface area contributed by atoms with Crippen LogP contribution in [-0.4, -0.2) is 32.3 Å². The molecule has 1 atom stereocenters. The molecule has 1 aliphatic rings. The molecule has 1 amide bonds. The SMILES string of the molecule is COc1ccc(C2CCCN2S(=O)(=O)c2cc(C)ccc2NC(C)=O)cc1. The molecular formula is C20H24N2O4S. The van der Waals surface area contributed by atoms with Crippen molar-refractivity contribution >= 4 is 21.6 Å². The monoisotopic (exact) mass is 388 g/mol. The molecular weight excluding hydrogens is 364 g/mol. The quantitative estimate of drug-likeness (QED) is 0.851. The maximum atomic E-state index is 13.4. The van der Waals surface area contributed by atoms with Gasteiger partial charge in [-0.25, -0.2) is 8.42 Å². The van der Waals surface area contributed by atoms with Crippen molar-refractivity contribution in [1.82, 2.24) is 4.31 Å². The summed E-state index contributed by atoms with van der Waals surface area (Å²) in [5.74, 6) is 0.432. The fourth-order valence-corrected chi connectivity index (χ4v) is 5.37. The van der Waals surface area contributed by atoms with E-state index in [0.29, 0.717) is 12.2 Å². The first-order valence-corrected chi connectivity index (χ1v) is 10.3. The number of methoxy groups -OCH3 is 1. The minimum absolute atomic E-state index is 0.137. The second-order valence-electron chi connectivity index (χ2n) is 6.73. The van der Waals surface area contributed by atoms with Crippen LogP contribution < -0.4 is 10.1 Å². The van der Waals surface area contributed by atoms with E-state index in [1.165, 1.54) is 11.2 Å². The highest BCUT2D eigenvalue weighted by molar-refractivity contribution is 7.89. The number of ether oxygens (including phenoxy) is 1. The van der Waals surface area contributed by atoms with E-state index >= 15 is 0 Å². The van der Waals surface area contributed by atoms with Crippen molar-refractivity contribution < 1.29 is 17.9 Å². The zero-order valence-corrected chi connectivity index (χ0v) is 16.5. The highest BCUT2D eigenvalue weighted by atomic mass is 32.2. The van der Waals surface area contributed by atoms with E-state index in [0.717, 1.165) is 29.7 Å². The highest BCUT2D eigenvalue weighted by Gasteiger charge is 2.37. The van der Waals surface area contributed by atoms with E-state index < -0.39 is 10.0 Å². The van der Waals surface area contributed by atoms with Gasteiger partial charge in [-0.1, -0.05) is 18.2 Å². The van der Waals surface area contributed by atoms with Crippen LogP contribution in [0.3, 0.4) is 0 Å². The molecule has 1 unspecified atom stereocenters. The molecule has 1 fully saturated rings. The van der Waals surface area contributed by atoms with Gasteiger partial charge >= 0.3 is 0 Å². The van der Waals surface area contributed by atoms with Crippen molar-refractivity contribution in [2.24, 2.45) is 0 Å². The first-order chi connectivity index (χ1) is 12.8. The number of carbonyl (C=O) groups excluding carboxylic acids is 1. The van der Waals surface area contributed by atoms with Gasteiger partial charge in [0.05, 0.1) is 18.8 Å². The Bertz CT molecular complexity index is 939. The lowest BCUT2D eigenvalue weighted by Gasteiger charge is -2.26. The number of sulfonamides is 1. The summed E-state index contributed by atoms with van der Waals surface area (Å²) < 4.78 is 33.6. The van der Waals surface area contributed by atoms with Gasteiger partial charge in [0.1, 0.15) is 10.6 Å². The van der Waals surface area contributed by atoms with Crippen LogP contribution in [-0.2, 0) is 14.8 Å². The van der Waals surface area contributed by atoms with Gasteiger partial charge in [0.2, 0.25) is 15.9 Å². The van der Waals surface area contributed by atoms with Crippen LogP contribution in [0.25, 0.3) is 0 Å². The lowest BCUT2D eigenvalue weighted by atomic mass is 10.1. The number of carbonyl (C=O) groups is 1. The summed E-state index contributed by atoms with van der Waals surface area (Å²) in [6.45, 7) is 3.65. The summed E-state index contributed by atoms with van der Waals surface area (Å²) >= 11 is 0. The predicted octanol–water partition coefficient (Wildman–Crippen LogP) is 3.49. The number of aryl methyl sites for hydroxylation is 1. The molecule has 7 heteroatoms. The van der Waals surface area contributed by atoms with Crippen LogP contribution in [0.15, 0.2) is 47.4 Å². The smallest absolute Gasteiger partial charge is 0.245 e. The zero-order valence-electron chi connectivity index (χ0n) is 15.7. The maximum absolute atomic E-state index is 13.4. The van der Waals surface area contributed by atoms with Gasteiger partial charge in [-0.3, -0.25) is 4.79 Å². The Labute approximate surface area is 160 Å². The standard InChI is InChI=1S/C20H24N2O4S/c1-14-6-11-18(21-15(2)23)20(13-14)27(24,25)22-12-4-5-19(22)16-7-9-17(26-3)10-8-16/h6-11,13,19H,4-5,12H2,1-3H3,(H,21,23). The second-order valence-corrected chi connectivity index (χ2v) is 8.59. The molecule has 0 aliphatic carbocycles. The Morgan fingerprint density at radius 1 is 1.19 bits per heavy atom. The zero-order chi connectivity index (χ0) is 19.6. The van der Waals surface area contributed by atoms with E-state index in [1.54, 1.807) is 25.3 Å². The number of anilines is 1. The third-order valence-electron chi connectivity index (χ3n) is 4.74. The van der Waals surface area contributed by atoms with Crippen molar-refractivity contribution in [1.29, 1.82) is 0 Å². The first kappa shape index (κ1) is 19.4. The molecule has 0 bridgehead atoms. The lowest BCUT2D eigenvalue weighted by molar-refractivity contribution is -0.114. The summed E-state index contributed by atoms with van der Waals surface area (Å²) in [6, 6.07) is 12.3. The van der Waals surface area contributed by atoms with Gasteiger partial charge in [-0.15, -0.1) is 0 Å². The number of amides is 1. The van der Waals surface area contributed by atoms with Gasteiger partial charge in [0.15, 0.2) is 0 Å². The van der Waals surface area contributed by atoms with Crippen LogP contribution in [0.2, 0.25) is 0 Å². The molecule has 0 aromatic heterocycles. The average molecular weight is 388 g/mol. The predicted molar refractivity (Wildman–Crippen MR) is 104 cm³/mol. The summed E-state index contributed by atoms with van der Waals surface area (Å²) in [7, 11) is -2.16. The fraction of sp³-hybridized carbons (Fsp3) is 0.350. The number of benzene rings is 2. The van der Waals surface area contributed by atoms with Gasteiger partial charge in [-0.2, -0.15) is 4.31 Å². The molecule has 3 rings (SSSR count). The van der Waals surface area contributed by atoms with E-state index in [1.807, 2.05) is 31.2 Å². The highest BCUT2D eigenvalue weighted by Crippen LogP contribution is 2.38. The molecule has 0 spiro atoms. The summed E-state index contributed by atoms with van der Waals surface area (Å²) in [4.78, 5) is 11.7. The third-order valence-corrected chi connectivity index (χ3v) is 6.69. The topological polar surface area (TPSA) is 75.7 Å². The number of nitrogens with zero attached hydrogens (tertiary/aromatic N) is 1. The van der Waals surface area contributed by atoms with Crippen molar-refractivity contribution in [2.45, 2.75) is 37.6 Å². The molecule has 0 saturated carbocycles. The van der Waals surface area contributed by atoms with E-state index in [-0.39, 0.29) is 16.8 Å². The van der Waals surface area contributed by atoms with E-state index in [4.69, 9.17) is 4.74 Å². The molecule has 1 saturated heterocycles. The van der Waals surface area contributed by atoms with Crippen molar-refractivity contribution in [3.05, 3.63) is 53.6 Å². The second kappa shape index (κ2) is 7.70. The minimum Gasteiger partial charge on any atom is -0.497 e. The summed E-state index contributed by atoms with van der Waals surface area (Å²) in [6.07, 6.45) is 1.55. The van der Waals surface area contributed by atoms with Crippen LogP contribution in [0.4, 0.5) is 5.69 Å². The largest absolute Gasteiger partial charge is 0.497 e. The molecule has 1 heterocycles. The Morgan fingerprint density at radius 3 is 2.52 bits per heavy atom. The van der Waals surface area contributed by atoms with Gasteiger partial charge < -0.3 is 10.1 Å². The Kier molecular flexibility index (Phi) is 5.53. The average Bonchev–Trinajstić information content (AvgIpc) is 3.13. The Balaban J connectivity index is 2.00. The minimum atomic E-state index is -3.76. The van der Waals surface area contributed by atoms with Gasteiger partial charge in [0, 0.05) is 13.5 Å². The van der Waals surface area contributed by atoms with Crippen LogP contribution in [0.1, 0.15) is 36.9 Å². The molecule has 6 nitrogen and oxygen atoms in total. The van der Waals surface area contributed by atoms with Crippen LogP contribution in [0.5, 0.6) is 5.75 Å². The number of hydrogen-bond donors (Lipinski definition) is 1. The fourth-order valence-electron chi connectivity index (χ4n) is 3.45. The molecule has 1 aliphatic heterocycles. The van der Waals surface area contributed by atoms with Gasteiger partial charge in [0.25, 0.3) is 0 Å². The Hall–Kier alpha value is -2.38. The first-order valence-electron chi connectivity index (χ1n) is 8.87. The third kappa shape index (κ3) is 3.99. The van der Waals surface area contributed by atoms with Crippen molar-refractivity contribution in [3.63, 3.8) is 0 Å². The van der Waals surface area contributed by atoms with Crippen LogP contribution >= 0.6 is 0 Å². The molecule has 27 heavy (non-hydrogen) atoms. The maximum Gasteiger partial charge on any atom is 0.245 e. The van der Waals surface area contributed by atoms with E-state index in [2.05, 4.69) is 5.32 Å². The number of rotatable bonds is 5. The van der Waals surface area contributed by atoms with Gasteiger partial charge in [-0.05, 0) is 55.2 Å². The van der Waals surface area contributed by atoms with E-state index in [9.17, 15) is 13.2 Å². The van der Waals surface area contributed by atoms with Crippen LogP contribution in [0, 0.1) is 6.92 Å². The molecule has 2 aromatic carbocycles. The molecule has 1 N–H and O–H groups in total. The summed E-state index contributed by atoms with van der Waals surface area (Å²) in [5, 5.41) is 2.64. The number of hydrogen-bond acceptors (Lipinski definition) is 4. The normalized spacial score (nSPS) is 17.7. The summed E-state index contributed by atoms with van der Waals surface area (Å²) in [5.41, 5.74) is 2.07. The lowest BCUT2D eigenvalue weighted by Crippen LogP contribution is -2.31. The Morgan fingerprint density at radius 2 is 1.89 bits per heavy atom. The number of nitrogens with one attached hydrogen (secondary N) is 1. The van der Waals surface area contributed by atoms with Crippen molar-refractivity contribution in [2.75, 3.05) is 19.0 Å². The molecule has 2 aromatic rings.